The molecule has 2 saturated heterocycles. The van der Waals surface area contributed by atoms with Gasteiger partial charge in [-0.3, -0.25) is 0 Å². The SMILES string of the molecule is COc1ccc2c(c1)[C@]1(C)CCN(C)[C@H](C2)[C@@H]1N(C)CC1CCN(C(=O)OC(C)(C)C)CC1. The van der Waals surface area contributed by atoms with E-state index in [1.165, 1.54) is 11.1 Å². The number of nitrogens with zero attached hydrogens (tertiary/aromatic N) is 3. The Bertz CT molecular complexity index is 859. The molecule has 1 aliphatic carbocycles. The molecule has 3 aliphatic rings. The van der Waals surface area contributed by atoms with Gasteiger partial charge in [-0.2, -0.15) is 0 Å². The Kier molecular flexibility index (Phi) is 6.71. The number of likely N-dealkylation sites (N-methyl/N-ethyl adjacent to an activating group) is 2. The van der Waals surface area contributed by atoms with Gasteiger partial charge in [0.15, 0.2) is 0 Å². The average molecular weight is 458 g/mol. The van der Waals surface area contributed by atoms with E-state index in [0.717, 1.165) is 57.6 Å². The van der Waals surface area contributed by atoms with E-state index in [1.807, 2.05) is 25.7 Å². The minimum atomic E-state index is -0.437. The quantitative estimate of drug-likeness (QED) is 0.679. The Balaban J connectivity index is 1.46. The fourth-order valence-corrected chi connectivity index (χ4v) is 6.49. The fourth-order valence-electron chi connectivity index (χ4n) is 6.49. The first-order chi connectivity index (χ1) is 15.5. The summed E-state index contributed by atoms with van der Waals surface area (Å²) in [7, 11) is 6.37. The van der Waals surface area contributed by atoms with Gasteiger partial charge in [-0.25, -0.2) is 4.79 Å². The summed E-state index contributed by atoms with van der Waals surface area (Å²) in [6, 6.07) is 7.68. The van der Waals surface area contributed by atoms with Crippen LogP contribution in [0.2, 0.25) is 0 Å². The molecule has 0 N–H and O–H groups in total. The highest BCUT2D eigenvalue weighted by molar-refractivity contribution is 5.68. The molecule has 1 aromatic carbocycles. The third kappa shape index (κ3) is 4.88. The number of amides is 1. The lowest BCUT2D eigenvalue weighted by atomic mass is 9.61. The molecule has 0 spiro atoms. The number of fused-ring (bicyclic) bond motifs is 4. The van der Waals surface area contributed by atoms with E-state index in [1.54, 1.807) is 7.11 Å². The first kappa shape index (κ1) is 24.3. The standard InChI is InChI=1S/C27H43N3O3/c1-26(2,3)33-25(31)30-13-10-19(11-14-30)18-29(6)24-23-16-20-8-9-21(32-7)17-22(20)27(24,4)12-15-28(23)5/h8-9,17,19,23-24H,10-16,18H2,1-7H3/t23-,24+,27+/m1/s1. The number of hydrogen-bond acceptors (Lipinski definition) is 5. The van der Waals surface area contributed by atoms with Crippen molar-refractivity contribution in [1.82, 2.24) is 14.7 Å². The molecule has 0 saturated carbocycles. The summed E-state index contributed by atoms with van der Waals surface area (Å²) in [4.78, 5) is 19.5. The van der Waals surface area contributed by atoms with E-state index in [2.05, 4.69) is 49.0 Å². The Hall–Kier alpha value is -1.79. The minimum absolute atomic E-state index is 0.116. The molecule has 33 heavy (non-hydrogen) atoms. The number of likely N-dealkylation sites (tertiary alicyclic amines) is 2. The molecule has 0 unspecified atom stereocenters. The van der Waals surface area contributed by atoms with E-state index in [9.17, 15) is 4.79 Å². The summed E-state index contributed by atoms with van der Waals surface area (Å²) >= 11 is 0. The summed E-state index contributed by atoms with van der Waals surface area (Å²) < 4.78 is 11.2. The zero-order chi connectivity index (χ0) is 24.0. The number of carbonyl (C=O) groups is 1. The highest BCUT2D eigenvalue weighted by Crippen LogP contribution is 2.47. The molecule has 6 heteroatoms. The fraction of sp³-hybridized carbons (Fsp3) is 0.741. The van der Waals surface area contributed by atoms with Gasteiger partial charge in [-0.15, -0.1) is 0 Å². The summed E-state index contributed by atoms with van der Waals surface area (Å²) in [5, 5.41) is 0. The van der Waals surface area contributed by atoms with E-state index >= 15 is 0 Å². The van der Waals surface area contributed by atoms with Crippen molar-refractivity contribution in [3.63, 3.8) is 0 Å². The van der Waals surface area contributed by atoms with Gasteiger partial charge in [-0.1, -0.05) is 13.0 Å². The first-order valence-electron chi connectivity index (χ1n) is 12.6. The highest BCUT2D eigenvalue weighted by Gasteiger charge is 2.51. The number of ether oxygens (including phenoxy) is 2. The number of carbonyl (C=O) groups excluding carboxylic acids is 1. The molecule has 4 rings (SSSR count). The van der Waals surface area contributed by atoms with Gasteiger partial charge in [-0.05, 0) is 96.3 Å². The van der Waals surface area contributed by atoms with Gasteiger partial charge in [0.2, 0.25) is 0 Å². The van der Waals surface area contributed by atoms with E-state index in [4.69, 9.17) is 9.47 Å². The number of benzene rings is 1. The monoisotopic (exact) mass is 457 g/mol. The van der Waals surface area contributed by atoms with E-state index in [-0.39, 0.29) is 11.5 Å². The maximum Gasteiger partial charge on any atom is 0.410 e. The normalized spacial score (nSPS) is 28.5. The number of piperidine rings is 2. The lowest BCUT2D eigenvalue weighted by Crippen LogP contribution is -2.66. The van der Waals surface area contributed by atoms with E-state index < -0.39 is 5.60 Å². The van der Waals surface area contributed by atoms with E-state index in [0.29, 0.717) is 18.0 Å². The lowest BCUT2D eigenvalue weighted by molar-refractivity contribution is -0.0103. The van der Waals surface area contributed by atoms with Crippen LogP contribution in [0.3, 0.4) is 0 Å². The van der Waals surface area contributed by atoms with Gasteiger partial charge in [0.05, 0.1) is 7.11 Å². The molecule has 0 radical (unpaired) electrons. The van der Waals surface area contributed by atoms with Crippen molar-refractivity contribution in [2.75, 3.05) is 47.4 Å². The van der Waals surface area contributed by atoms with Crippen LogP contribution < -0.4 is 4.74 Å². The molecule has 2 bridgehead atoms. The molecule has 2 aliphatic heterocycles. The largest absolute Gasteiger partial charge is 0.497 e. The molecular formula is C27H43N3O3. The van der Waals surface area contributed by atoms with Gasteiger partial charge in [0.25, 0.3) is 0 Å². The Morgan fingerprint density at radius 3 is 2.55 bits per heavy atom. The highest BCUT2D eigenvalue weighted by atomic mass is 16.6. The number of rotatable bonds is 4. The molecular weight excluding hydrogens is 414 g/mol. The second-order valence-electron chi connectivity index (χ2n) is 11.7. The molecule has 6 nitrogen and oxygen atoms in total. The first-order valence-corrected chi connectivity index (χ1v) is 12.6. The molecule has 0 aromatic heterocycles. The predicted molar refractivity (Wildman–Crippen MR) is 132 cm³/mol. The van der Waals surface area contributed by atoms with Crippen molar-refractivity contribution in [2.24, 2.45) is 5.92 Å². The zero-order valence-corrected chi connectivity index (χ0v) is 21.7. The predicted octanol–water partition coefficient (Wildman–Crippen LogP) is 4.16. The molecule has 2 fully saturated rings. The number of methoxy groups -OCH3 is 1. The molecule has 1 aromatic rings. The maximum atomic E-state index is 12.4. The van der Waals surface area contributed by atoms with Crippen LogP contribution in [-0.2, 0) is 16.6 Å². The maximum absolute atomic E-state index is 12.4. The summed E-state index contributed by atoms with van der Waals surface area (Å²) in [6.07, 6.45) is 4.16. The smallest absolute Gasteiger partial charge is 0.410 e. The van der Waals surface area contributed by atoms with Crippen LogP contribution in [0.25, 0.3) is 0 Å². The lowest BCUT2D eigenvalue weighted by Gasteiger charge is -2.58. The van der Waals surface area contributed by atoms with Crippen LogP contribution in [0.15, 0.2) is 18.2 Å². The molecule has 2 heterocycles. The Morgan fingerprint density at radius 1 is 1.21 bits per heavy atom. The van der Waals surface area contributed by atoms with Gasteiger partial charge in [0, 0.05) is 37.1 Å². The average Bonchev–Trinajstić information content (AvgIpc) is 2.75. The Morgan fingerprint density at radius 2 is 1.91 bits per heavy atom. The third-order valence-corrected chi connectivity index (χ3v) is 8.22. The zero-order valence-electron chi connectivity index (χ0n) is 21.7. The molecule has 184 valence electrons. The van der Waals surface area contributed by atoms with Crippen molar-refractivity contribution in [2.45, 2.75) is 76.5 Å². The third-order valence-electron chi connectivity index (χ3n) is 8.22. The van der Waals surface area contributed by atoms with Crippen LogP contribution in [-0.4, -0.2) is 85.9 Å². The van der Waals surface area contributed by atoms with Gasteiger partial charge < -0.3 is 24.2 Å². The van der Waals surface area contributed by atoms with Gasteiger partial charge in [0.1, 0.15) is 11.4 Å². The van der Waals surface area contributed by atoms with Crippen LogP contribution >= 0.6 is 0 Å². The summed E-state index contributed by atoms with van der Waals surface area (Å²) in [5.74, 6) is 1.57. The minimum Gasteiger partial charge on any atom is -0.497 e. The molecule has 3 atom stereocenters. The van der Waals surface area contributed by atoms with Crippen LogP contribution in [0, 0.1) is 5.92 Å². The van der Waals surface area contributed by atoms with Crippen molar-refractivity contribution < 1.29 is 14.3 Å². The van der Waals surface area contributed by atoms with Gasteiger partial charge >= 0.3 is 6.09 Å². The van der Waals surface area contributed by atoms with Crippen LogP contribution in [0.5, 0.6) is 5.75 Å². The second-order valence-corrected chi connectivity index (χ2v) is 11.7. The topological polar surface area (TPSA) is 45.2 Å². The Labute approximate surface area is 200 Å². The van der Waals surface area contributed by atoms with Crippen molar-refractivity contribution in [1.29, 1.82) is 0 Å². The van der Waals surface area contributed by atoms with Crippen molar-refractivity contribution in [3.05, 3.63) is 29.3 Å². The number of hydrogen-bond donors (Lipinski definition) is 0. The van der Waals surface area contributed by atoms with Crippen molar-refractivity contribution >= 4 is 6.09 Å². The van der Waals surface area contributed by atoms with Crippen LogP contribution in [0.4, 0.5) is 4.79 Å². The van der Waals surface area contributed by atoms with Crippen LogP contribution in [0.1, 0.15) is 58.1 Å². The molecule has 1 amide bonds. The second kappa shape index (κ2) is 9.10. The van der Waals surface area contributed by atoms with Crippen molar-refractivity contribution in [3.8, 4) is 5.75 Å². The summed E-state index contributed by atoms with van der Waals surface area (Å²) in [6.45, 7) is 12.0. The summed E-state index contributed by atoms with van der Waals surface area (Å²) in [5.41, 5.74) is 2.63.